The Kier molecular flexibility index (Phi) is 4.59. The molecule has 4 rings (SSSR count). The minimum atomic E-state index is -0.861. The van der Waals surface area contributed by atoms with Crippen molar-refractivity contribution in [1.82, 2.24) is 15.1 Å². The lowest BCUT2D eigenvalue weighted by Gasteiger charge is -2.18. The number of anilines is 1. The lowest BCUT2D eigenvalue weighted by atomic mass is 10.0. The van der Waals surface area contributed by atoms with Crippen LogP contribution in [0.25, 0.3) is 11.3 Å². The van der Waals surface area contributed by atoms with E-state index in [9.17, 15) is 14.4 Å². The zero-order valence-corrected chi connectivity index (χ0v) is 15.4. The van der Waals surface area contributed by atoms with E-state index in [-0.39, 0.29) is 11.9 Å². The SMILES string of the molecule is Cc1ccc(F)cc1-c1cc(C#N)c(N[C@@H]2C[C@@H]3CN(C(=O)O)C[C@@H]3C2)nn1. The van der Waals surface area contributed by atoms with Crippen molar-refractivity contribution in [3.8, 4) is 17.3 Å². The number of carbonyl (C=O) groups is 1. The summed E-state index contributed by atoms with van der Waals surface area (Å²) >= 11 is 0. The highest BCUT2D eigenvalue weighted by atomic mass is 19.1. The largest absolute Gasteiger partial charge is 0.465 e. The van der Waals surface area contributed by atoms with Gasteiger partial charge in [-0.25, -0.2) is 9.18 Å². The Balaban J connectivity index is 1.50. The summed E-state index contributed by atoms with van der Waals surface area (Å²) in [5.74, 6) is 0.721. The van der Waals surface area contributed by atoms with E-state index < -0.39 is 6.09 Å². The van der Waals surface area contributed by atoms with E-state index in [2.05, 4.69) is 21.6 Å². The van der Waals surface area contributed by atoms with Gasteiger partial charge in [0.2, 0.25) is 0 Å². The van der Waals surface area contributed by atoms with Gasteiger partial charge in [-0.1, -0.05) is 6.07 Å². The normalized spacial score (nSPS) is 23.3. The van der Waals surface area contributed by atoms with Crippen molar-refractivity contribution in [1.29, 1.82) is 5.26 Å². The number of hydrogen-bond donors (Lipinski definition) is 2. The van der Waals surface area contributed by atoms with Gasteiger partial charge in [-0.05, 0) is 55.4 Å². The first-order valence-corrected chi connectivity index (χ1v) is 9.23. The van der Waals surface area contributed by atoms with Crippen LogP contribution in [-0.4, -0.2) is 45.4 Å². The second-order valence-corrected chi connectivity index (χ2v) is 7.58. The standard InChI is InChI=1S/C20H20FN5O2/c1-11-2-3-15(21)7-17(11)18-6-12(8-22)19(25-24-18)23-16-4-13-9-26(20(27)28)10-14(13)5-16/h2-3,6-7,13-14,16H,4-5,9-10H2,1H3,(H,23,25)(H,27,28)/t13-,14+,16-. The Bertz CT molecular complexity index is 960. The maximum Gasteiger partial charge on any atom is 0.407 e. The third-order valence-corrected chi connectivity index (χ3v) is 5.75. The second kappa shape index (κ2) is 7.08. The number of hydrogen-bond acceptors (Lipinski definition) is 5. The van der Waals surface area contributed by atoms with Crippen LogP contribution in [0.5, 0.6) is 0 Å². The van der Waals surface area contributed by atoms with Crippen molar-refractivity contribution < 1.29 is 14.3 Å². The predicted molar refractivity (Wildman–Crippen MR) is 100 cm³/mol. The fourth-order valence-electron chi connectivity index (χ4n) is 4.35. The number of rotatable bonds is 3. The molecular weight excluding hydrogens is 361 g/mol. The van der Waals surface area contributed by atoms with Gasteiger partial charge in [0.05, 0.1) is 11.3 Å². The molecule has 8 heteroatoms. The summed E-state index contributed by atoms with van der Waals surface area (Å²) in [6.45, 7) is 2.98. The molecule has 0 unspecified atom stereocenters. The summed E-state index contributed by atoms with van der Waals surface area (Å²) in [6, 6.07) is 8.34. The first-order chi connectivity index (χ1) is 13.4. The number of fused-ring (bicyclic) bond motifs is 1. The monoisotopic (exact) mass is 381 g/mol. The van der Waals surface area contributed by atoms with Gasteiger partial charge >= 0.3 is 6.09 Å². The summed E-state index contributed by atoms with van der Waals surface area (Å²) < 4.78 is 13.6. The van der Waals surface area contributed by atoms with Crippen molar-refractivity contribution in [2.45, 2.75) is 25.8 Å². The van der Waals surface area contributed by atoms with Gasteiger partial charge in [0.15, 0.2) is 5.82 Å². The summed E-state index contributed by atoms with van der Waals surface area (Å²) in [5.41, 5.74) is 2.28. The van der Waals surface area contributed by atoms with Crippen LogP contribution in [0.4, 0.5) is 15.0 Å². The summed E-state index contributed by atoms with van der Waals surface area (Å²) in [7, 11) is 0. The number of benzene rings is 1. The number of carboxylic acid groups (broad SMARTS) is 1. The van der Waals surface area contributed by atoms with Crippen LogP contribution in [0.2, 0.25) is 0 Å². The van der Waals surface area contributed by atoms with Gasteiger partial charge in [-0.15, -0.1) is 10.2 Å². The molecule has 2 heterocycles. The molecule has 1 aliphatic heterocycles. The number of halogens is 1. The quantitative estimate of drug-likeness (QED) is 0.846. The predicted octanol–water partition coefficient (Wildman–Crippen LogP) is 3.26. The molecule has 1 aromatic heterocycles. The molecule has 3 atom stereocenters. The van der Waals surface area contributed by atoms with E-state index in [4.69, 9.17) is 5.11 Å². The maximum atomic E-state index is 13.6. The van der Waals surface area contributed by atoms with E-state index in [1.54, 1.807) is 12.1 Å². The molecule has 1 saturated carbocycles. The molecule has 7 nitrogen and oxygen atoms in total. The van der Waals surface area contributed by atoms with E-state index in [1.165, 1.54) is 17.0 Å². The third-order valence-electron chi connectivity index (χ3n) is 5.75. The molecular formula is C20H20FN5O2. The summed E-state index contributed by atoms with van der Waals surface area (Å²) in [4.78, 5) is 12.6. The number of nitrogens with one attached hydrogen (secondary N) is 1. The molecule has 0 bridgehead atoms. The minimum Gasteiger partial charge on any atom is -0.465 e. The topological polar surface area (TPSA) is 102 Å². The van der Waals surface area contributed by atoms with E-state index in [0.29, 0.717) is 47.6 Å². The number of nitrogens with zero attached hydrogens (tertiary/aromatic N) is 4. The van der Waals surface area contributed by atoms with Crippen molar-refractivity contribution in [2.24, 2.45) is 11.8 Å². The maximum absolute atomic E-state index is 13.6. The lowest BCUT2D eigenvalue weighted by Crippen LogP contribution is -2.29. The molecule has 0 spiro atoms. The molecule has 2 N–H and O–H groups in total. The van der Waals surface area contributed by atoms with Crippen molar-refractivity contribution in [3.63, 3.8) is 0 Å². The molecule has 144 valence electrons. The molecule has 0 radical (unpaired) electrons. The summed E-state index contributed by atoms with van der Waals surface area (Å²) in [5, 5.41) is 30.3. The Labute approximate surface area is 161 Å². The fraction of sp³-hybridized carbons (Fsp3) is 0.400. The zero-order chi connectivity index (χ0) is 19.8. The van der Waals surface area contributed by atoms with Gasteiger partial charge in [0, 0.05) is 24.7 Å². The Morgan fingerprint density at radius 2 is 2.00 bits per heavy atom. The van der Waals surface area contributed by atoms with E-state index >= 15 is 0 Å². The van der Waals surface area contributed by atoms with Gasteiger partial charge in [0.1, 0.15) is 11.9 Å². The van der Waals surface area contributed by atoms with E-state index in [0.717, 1.165) is 18.4 Å². The first kappa shape index (κ1) is 18.2. The lowest BCUT2D eigenvalue weighted by molar-refractivity contribution is 0.152. The third kappa shape index (κ3) is 3.36. The van der Waals surface area contributed by atoms with Gasteiger partial charge in [-0.3, -0.25) is 0 Å². The molecule has 2 aliphatic rings. The molecule has 1 saturated heterocycles. The number of nitriles is 1. The van der Waals surface area contributed by atoms with Crippen LogP contribution in [0.15, 0.2) is 24.3 Å². The minimum absolute atomic E-state index is 0.133. The average molecular weight is 381 g/mol. The number of aromatic nitrogens is 2. The molecule has 1 aliphatic carbocycles. The van der Waals surface area contributed by atoms with Crippen molar-refractivity contribution in [2.75, 3.05) is 18.4 Å². The first-order valence-electron chi connectivity index (χ1n) is 9.23. The van der Waals surface area contributed by atoms with E-state index in [1.807, 2.05) is 6.92 Å². The average Bonchev–Trinajstić information content (AvgIpc) is 3.23. The van der Waals surface area contributed by atoms with Gasteiger partial charge < -0.3 is 15.3 Å². The molecule has 28 heavy (non-hydrogen) atoms. The highest BCUT2D eigenvalue weighted by Gasteiger charge is 2.42. The van der Waals surface area contributed by atoms with Crippen LogP contribution >= 0.6 is 0 Å². The number of amides is 1. The highest BCUT2D eigenvalue weighted by molar-refractivity contribution is 5.67. The Morgan fingerprint density at radius 3 is 2.64 bits per heavy atom. The molecule has 1 amide bonds. The smallest absolute Gasteiger partial charge is 0.407 e. The number of likely N-dealkylation sites (tertiary alicyclic amines) is 1. The van der Waals surface area contributed by atoms with Crippen LogP contribution < -0.4 is 5.32 Å². The fourth-order valence-corrected chi connectivity index (χ4v) is 4.35. The zero-order valence-electron chi connectivity index (χ0n) is 15.4. The Hall–Kier alpha value is -3.21. The van der Waals surface area contributed by atoms with Crippen LogP contribution in [0, 0.1) is 35.9 Å². The second-order valence-electron chi connectivity index (χ2n) is 7.58. The van der Waals surface area contributed by atoms with Crippen molar-refractivity contribution >= 4 is 11.9 Å². The van der Waals surface area contributed by atoms with Crippen LogP contribution in [0.1, 0.15) is 24.0 Å². The van der Waals surface area contributed by atoms with Crippen LogP contribution in [-0.2, 0) is 0 Å². The molecule has 2 fully saturated rings. The molecule has 2 aromatic rings. The van der Waals surface area contributed by atoms with Gasteiger partial charge in [0.25, 0.3) is 0 Å². The van der Waals surface area contributed by atoms with Crippen molar-refractivity contribution in [3.05, 3.63) is 41.2 Å². The highest BCUT2D eigenvalue weighted by Crippen LogP contribution is 2.39. The molecule has 1 aromatic carbocycles. The van der Waals surface area contributed by atoms with Gasteiger partial charge in [-0.2, -0.15) is 5.26 Å². The number of aryl methyl sites for hydroxylation is 1. The Morgan fingerprint density at radius 1 is 1.29 bits per heavy atom. The van der Waals surface area contributed by atoms with Crippen LogP contribution in [0.3, 0.4) is 0 Å². The summed E-state index contributed by atoms with van der Waals surface area (Å²) in [6.07, 6.45) is 0.817.